The maximum absolute atomic E-state index is 12.0. The van der Waals surface area contributed by atoms with Crippen LogP contribution in [0.25, 0.3) is 11.2 Å². The Labute approximate surface area is 99.4 Å². The van der Waals surface area contributed by atoms with E-state index in [2.05, 4.69) is 9.97 Å². The van der Waals surface area contributed by atoms with Gasteiger partial charge in [0.1, 0.15) is 11.1 Å². The Bertz CT molecular complexity index is 567. The molecule has 2 rings (SSSR count). The minimum atomic E-state index is -0.524. The minimum Gasteiger partial charge on any atom is -0.443 e. The molecule has 5 heteroatoms. The fraction of sp³-hybridized carbons (Fsp3) is 0.417. The van der Waals surface area contributed by atoms with E-state index in [1.807, 2.05) is 27.7 Å². The second-order valence-electron chi connectivity index (χ2n) is 4.89. The normalized spacial score (nSPS) is 11.8. The molecule has 0 aromatic carbocycles. The molecule has 0 N–H and O–H groups in total. The Morgan fingerprint density at radius 2 is 1.94 bits per heavy atom. The zero-order valence-corrected chi connectivity index (χ0v) is 10.4. The Morgan fingerprint density at radius 3 is 2.59 bits per heavy atom. The molecule has 0 amide bonds. The molecule has 2 heterocycles. The van der Waals surface area contributed by atoms with Crippen LogP contribution in [0.2, 0.25) is 0 Å². The van der Waals surface area contributed by atoms with Crippen molar-refractivity contribution in [2.45, 2.75) is 33.3 Å². The van der Waals surface area contributed by atoms with Gasteiger partial charge in [-0.15, -0.1) is 0 Å². The first-order valence-corrected chi connectivity index (χ1v) is 5.40. The van der Waals surface area contributed by atoms with Gasteiger partial charge >= 0.3 is 6.09 Å². The molecular weight excluding hydrogens is 218 g/mol. The first-order chi connectivity index (χ1) is 7.88. The van der Waals surface area contributed by atoms with Crippen LogP contribution < -0.4 is 0 Å². The van der Waals surface area contributed by atoms with Crippen LogP contribution in [0.5, 0.6) is 0 Å². The third kappa shape index (κ3) is 2.27. The van der Waals surface area contributed by atoms with Crippen molar-refractivity contribution < 1.29 is 9.53 Å². The number of carbonyl (C=O) groups is 1. The first kappa shape index (κ1) is 11.6. The number of fused-ring (bicyclic) bond motifs is 1. The van der Waals surface area contributed by atoms with E-state index in [0.717, 1.165) is 11.1 Å². The van der Waals surface area contributed by atoms with E-state index < -0.39 is 11.7 Å². The van der Waals surface area contributed by atoms with Crippen molar-refractivity contribution in [3.8, 4) is 0 Å². The standard InChI is InChI=1S/C12H15N3O2/c1-8-7-15(11(16)17-12(2,3)4)10-9(8)13-5-6-14-10/h5-7H,1-4H3. The molecule has 0 atom stereocenters. The molecule has 0 aliphatic heterocycles. The maximum Gasteiger partial charge on any atom is 0.420 e. The van der Waals surface area contributed by atoms with E-state index in [-0.39, 0.29) is 0 Å². The average Bonchev–Trinajstić information content (AvgIpc) is 2.55. The monoisotopic (exact) mass is 233 g/mol. The van der Waals surface area contributed by atoms with Crippen LogP contribution in [0.4, 0.5) is 4.79 Å². The molecule has 2 aromatic rings. The van der Waals surface area contributed by atoms with E-state index in [0.29, 0.717) is 5.65 Å². The van der Waals surface area contributed by atoms with Crippen LogP contribution in [-0.2, 0) is 4.74 Å². The Balaban J connectivity index is 2.46. The van der Waals surface area contributed by atoms with Gasteiger partial charge in [0.15, 0.2) is 5.65 Å². The number of rotatable bonds is 0. The largest absolute Gasteiger partial charge is 0.443 e. The fourth-order valence-corrected chi connectivity index (χ4v) is 1.55. The van der Waals surface area contributed by atoms with Gasteiger partial charge in [-0.3, -0.25) is 4.98 Å². The zero-order valence-electron chi connectivity index (χ0n) is 10.4. The lowest BCUT2D eigenvalue weighted by Gasteiger charge is -2.19. The molecule has 0 saturated carbocycles. The van der Waals surface area contributed by atoms with E-state index in [9.17, 15) is 4.79 Å². The van der Waals surface area contributed by atoms with Crippen LogP contribution in [-0.4, -0.2) is 26.2 Å². The minimum absolute atomic E-state index is 0.434. The van der Waals surface area contributed by atoms with Crippen molar-refractivity contribution in [3.63, 3.8) is 0 Å². The summed E-state index contributed by atoms with van der Waals surface area (Å²) < 4.78 is 6.69. The highest BCUT2D eigenvalue weighted by Gasteiger charge is 2.20. The van der Waals surface area contributed by atoms with Crippen LogP contribution in [0.1, 0.15) is 26.3 Å². The average molecular weight is 233 g/mol. The van der Waals surface area contributed by atoms with E-state index in [1.54, 1.807) is 18.6 Å². The lowest BCUT2D eigenvalue weighted by molar-refractivity contribution is 0.0543. The van der Waals surface area contributed by atoms with Gasteiger partial charge in [-0.05, 0) is 33.3 Å². The first-order valence-electron chi connectivity index (χ1n) is 5.40. The third-order valence-electron chi connectivity index (χ3n) is 2.19. The summed E-state index contributed by atoms with van der Waals surface area (Å²) in [6.45, 7) is 7.37. The van der Waals surface area contributed by atoms with Crippen LogP contribution in [0.3, 0.4) is 0 Å². The topological polar surface area (TPSA) is 57.0 Å². The van der Waals surface area contributed by atoms with Crippen molar-refractivity contribution in [2.24, 2.45) is 0 Å². The van der Waals surface area contributed by atoms with Gasteiger partial charge in [0.2, 0.25) is 0 Å². The van der Waals surface area contributed by atoms with Crippen molar-refractivity contribution >= 4 is 17.3 Å². The van der Waals surface area contributed by atoms with Crippen LogP contribution in [0.15, 0.2) is 18.6 Å². The van der Waals surface area contributed by atoms with Crippen LogP contribution >= 0.6 is 0 Å². The summed E-state index contributed by atoms with van der Waals surface area (Å²) in [4.78, 5) is 20.3. The molecule has 0 radical (unpaired) electrons. The highest BCUT2D eigenvalue weighted by molar-refractivity contribution is 5.86. The number of hydrogen-bond acceptors (Lipinski definition) is 4. The molecule has 0 aliphatic carbocycles. The zero-order chi connectivity index (χ0) is 12.6. The Hall–Kier alpha value is -1.91. The van der Waals surface area contributed by atoms with E-state index in [1.165, 1.54) is 4.57 Å². The van der Waals surface area contributed by atoms with Gasteiger partial charge < -0.3 is 4.74 Å². The molecular formula is C12H15N3O2. The molecule has 0 unspecified atom stereocenters. The van der Waals surface area contributed by atoms with Gasteiger partial charge in [0, 0.05) is 18.6 Å². The second-order valence-corrected chi connectivity index (χ2v) is 4.89. The van der Waals surface area contributed by atoms with Crippen molar-refractivity contribution in [1.82, 2.24) is 14.5 Å². The smallest absolute Gasteiger partial charge is 0.420 e. The van der Waals surface area contributed by atoms with Gasteiger partial charge in [0.05, 0.1) is 0 Å². The lowest BCUT2D eigenvalue weighted by atomic mass is 10.2. The molecule has 5 nitrogen and oxygen atoms in total. The summed E-state index contributed by atoms with van der Waals surface area (Å²) in [6, 6.07) is 0. The summed E-state index contributed by atoms with van der Waals surface area (Å²) in [5.41, 5.74) is 1.63. The number of ether oxygens (including phenoxy) is 1. The number of hydrogen-bond donors (Lipinski definition) is 0. The molecule has 17 heavy (non-hydrogen) atoms. The van der Waals surface area contributed by atoms with Crippen molar-refractivity contribution in [2.75, 3.05) is 0 Å². The molecule has 0 fully saturated rings. The fourth-order valence-electron chi connectivity index (χ4n) is 1.55. The Morgan fingerprint density at radius 1 is 1.29 bits per heavy atom. The quantitative estimate of drug-likeness (QED) is 0.701. The molecule has 0 saturated heterocycles. The number of aromatic nitrogens is 3. The summed E-state index contributed by atoms with van der Waals surface area (Å²) in [5.74, 6) is 0. The predicted octanol–water partition coefficient (Wildman–Crippen LogP) is 2.52. The van der Waals surface area contributed by atoms with Crippen LogP contribution in [0, 0.1) is 6.92 Å². The second kappa shape index (κ2) is 3.84. The van der Waals surface area contributed by atoms with Gasteiger partial charge in [0.25, 0.3) is 0 Å². The number of nitrogens with zero attached hydrogens (tertiary/aromatic N) is 3. The maximum atomic E-state index is 12.0. The lowest BCUT2D eigenvalue weighted by Crippen LogP contribution is -2.26. The molecule has 0 aliphatic rings. The molecule has 2 aromatic heterocycles. The summed E-state index contributed by atoms with van der Waals surface area (Å²) in [7, 11) is 0. The summed E-state index contributed by atoms with van der Waals surface area (Å²) >= 11 is 0. The SMILES string of the molecule is Cc1cn(C(=O)OC(C)(C)C)c2nccnc12. The number of aryl methyl sites for hydroxylation is 1. The van der Waals surface area contributed by atoms with E-state index >= 15 is 0 Å². The molecule has 0 spiro atoms. The summed E-state index contributed by atoms with van der Waals surface area (Å²) in [6.07, 6.45) is 4.42. The van der Waals surface area contributed by atoms with Crippen molar-refractivity contribution in [1.29, 1.82) is 0 Å². The van der Waals surface area contributed by atoms with Crippen molar-refractivity contribution in [3.05, 3.63) is 24.2 Å². The number of carbonyl (C=O) groups excluding carboxylic acids is 1. The molecule has 0 bridgehead atoms. The predicted molar refractivity (Wildman–Crippen MR) is 63.9 cm³/mol. The van der Waals surface area contributed by atoms with E-state index in [4.69, 9.17) is 4.74 Å². The van der Waals surface area contributed by atoms with Gasteiger partial charge in [-0.25, -0.2) is 14.3 Å². The Kier molecular flexibility index (Phi) is 2.61. The highest BCUT2D eigenvalue weighted by Crippen LogP contribution is 2.17. The van der Waals surface area contributed by atoms with Gasteiger partial charge in [-0.1, -0.05) is 0 Å². The highest BCUT2D eigenvalue weighted by atomic mass is 16.6. The van der Waals surface area contributed by atoms with Gasteiger partial charge in [-0.2, -0.15) is 0 Å². The summed E-state index contributed by atoms with van der Waals surface area (Å²) in [5, 5.41) is 0. The third-order valence-corrected chi connectivity index (χ3v) is 2.19. The molecule has 90 valence electrons.